The number of anilines is 1. The fourth-order valence-corrected chi connectivity index (χ4v) is 3.75. The number of hydrogen-bond acceptors (Lipinski definition) is 5. The molecule has 0 spiro atoms. The summed E-state index contributed by atoms with van der Waals surface area (Å²) in [7, 11) is 1.75. The van der Waals surface area contributed by atoms with Gasteiger partial charge in [-0.1, -0.05) is 19.3 Å². The highest BCUT2D eigenvalue weighted by Crippen LogP contribution is 2.36. The number of aromatic nitrogens is 2. The highest BCUT2D eigenvalue weighted by atomic mass is 32.1. The van der Waals surface area contributed by atoms with Crippen LogP contribution >= 0.6 is 11.3 Å². The quantitative estimate of drug-likeness (QED) is 0.932. The smallest absolute Gasteiger partial charge is 0.161 e. The lowest BCUT2D eigenvalue weighted by Crippen LogP contribution is -2.20. The van der Waals surface area contributed by atoms with Crippen LogP contribution in [0.2, 0.25) is 0 Å². The summed E-state index contributed by atoms with van der Waals surface area (Å²) < 4.78 is 5.68. The standard InChI is InChI=1S/C14H19N3OS/c1-18-11(9-5-3-2-4-6-9)13-16-12(15)10-7-8-19-14(10)17-13/h7-9,11H,2-6H2,1H3,(H2,15,16,17). The summed E-state index contributed by atoms with van der Waals surface area (Å²) in [6.07, 6.45) is 6.27. The normalized spacial score (nSPS) is 18.8. The van der Waals surface area contributed by atoms with Gasteiger partial charge in [-0.3, -0.25) is 0 Å². The second-order valence-electron chi connectivity index (χ2n) is 5.16. The van der Waals surface area contributed by atoms with E-state index < -0.39 is 0 Å². The van der Waals surface area contributed by atoms with Crippen LogP contribution in [0.4, 0.5) is 5.82 Å². The Hall–Kier alpha value is -1.20. The third kappa shape index (κ3) is 2.44. The lowest BCUT2D eigenvalue weighted by molar-refractivity contribution is 0.0293. The number of nitrogens with two attached hydrogens (primary N) is 1. The second kappa shape index (κ2) is 5.43. The van der Waals surface area contributed by atoms with Gasteiger partial charge in [0.1, 0.15) is 16.8 Å². The number of rotatable bonds is 3. The fourth-order valence-electron chi connectivity index (χ4n) is 2.97. The summed E-state index contributed by atoms with van der Waals surface area (Å²) in [5.41, 5.74) is 6.02. The molecule has 4 nitrogen and oxygen atoms in total. The average Bonchev–Trinajstić information content (AvgIpc) is 2.90. The Bertz CT molecular complexity index is 563. The molecular formula is C14H19N3OS. The Kier molecular flexibility index (Phi) is 3.66. The summed E-state index contributed by atoms with van der Waals surface area (Å²) >= 11 is 1.60. The molecule has 5 heteroatoms. The largest absolute Gasteiger partial charge is 0.383 e. The fraction of sp³-hybridized carbons (Fsp3) is 0.571. The first-order valence-corrected chi connectivity index (χ1v) is 7.71. The molecule has 1 aliphatic rings. The molecular weight excluding hydrogens is 258 g/mol. The summed E-state index contributed by atoms with van der Waals surface area (Å²) in [5.74, 6) is 1.84. The Balaban J connectivity index is 1.95. The highest BCUT2D eigenvalue weighted by Gasteiger charge is 2.27. The van der Waals surface area contributed by atoms with Gasteiger partial charge in [0, 0.05) is 7.11 Å². The average molecular weight is 277 g/mol. The van der Waals surface area contributed by atoms with E-state index in [0.717, 1.165) is 16.0 Å². The zero-order valence-corrected chi connectivity index (χ0v) is 11.9. The van der Waals surface area contributed by atoms with Gasteiger partial charge in [-0.15, -0.1) is 11.3 Å². The van der Waals surface area contributed by atoms with Crippen molar-refractivity contribution in [1.82, 2.24) is 9.97 Å². The predicted molar refractivity (Wildman–Crippen MR) is 78.2 cm³/mol. The van der Waals surface area contributed by atoms with E-state index in [1.165, 1.54) is 32.1 Å². The van der Waals surface area contributed by atoms with Gasteiger partial charge in [-0.25, -0.2) is 9.97 Å². The Morgan fingerprint density at radius 2 is 2.11 bits per heavy atom. The minimum absolute atomic E-state index is 0.0194. The molecule has 0 radical (unpaired) electrons. The van der Waals surface area contributed by atoms with Crippen LogP contribution in [0.5, 0.6) is 0 Å². The number of ether oxygens (including phenoxy) is 1. The minimum atomic E-state index is -0.0194. The predicted octanol–water partition coefficient (Wildman–Crippen LogP) is 3.54. The van der Waals surface area contributed by atoms with Crippen molar-refractivity contribution in [2.75, 3.05) is 12.8 Å². The molecule has 19 heavy (non-hydrogen) atoms. The van der Waals surface area contributed by atoms with Crippen molar-refractivity contribution >= 4 is 27.4 Å². The molecule has 2 heterocycles. The second-order valence-corrected chi connectivity index (χ2v) is 6.06. The maximum Gasteiger partial charge on any atom is 0.161 e. The molecule has 1 aliphatic carbocycles. The molecule has 3 rings (SSSR count). The molecule has 2 aromatic heterocycles. The molecule has 0 bridgehead atoms. The van der Waals surface area contributed by atoms with Gasteiger partial charge in [-0.2, -0.15) is 0 Å². The molecule has 0 aliphatic heterocycles. The van der Waals surface area contributed by atoms with Gasteiger partial charge in [0.15, 0.2) is 5.82 Å². The number of methoxy groups -OCH3 is 1. The molecule has 0 saturated heterocycles. The van der Waals surface area contributed by atoms with Gasteiger partial charge >= 0.3 is 0 Å². The van der Waals surface area contributed by atoms with Gasteiger partial charge in [0.05, 0.1) is 5.39 Å². The van der Waals surface area contributed by atoms with Gasteiger partial charge in [0.25, 0.3) is 0 Å². The van der Waals surface area contributed by atoms with Gasteiger partial charge < -0.3 is 10.5 Å². The van der Waals surface area contributed by atoms with E-state index in [2.05, 4.69) is 9.97 Å². The molecule has 0 amide bonds. The van der Waals surface area contributed by atoms with Crippen LogP contribution in [0.15, 0.2) is 11.4 Å². The SMILES string of the molecule is COC(c1nc(N)c2ccsc2n1)C1CCCCC1. The number of nitrogen functional groups attached to an aromatic ring is 1. The van der Waals surface area contributed by atoms with Crippen LogP contribution < -0.4 is 5.73 Å². The van der Waals surface area contributed by atoms with Crippen molar-refractivity contribution in [3.05, 3.63) is 17.3 Å². The molecule has 1 fully saturated rings. The van der Waals surface area contributed by atoms with Crippen LogP contribution in [0.3, 0.4) is 0 Å². The van der Waals surface area contributed by atoms with E-state index in [-0.39, 0.29) is 6.10 Å². The third-order valence-corrected chi connectivity index (χ3v) is 4.76. The first-order valence-electron chi connectivity index (χ1n) is 6.83. The van der Waals surface area contributed by atoms with Crippen LogP contribution in [0.1, 0.15) is 44.0 Å². The maximum atomic E-state index is 6.02. The molecule has 0 aromatic carbocycles. The molecule has 1 unspecified atom stereocenters. The van der Waals surface area contributed by atoms with E-state index in [9.17, 15) is 0 Å². The first-order chi connectivity index (χ1) is 9.29. The van der Waals surface area contributed by atoms with E-state index >= 15 is 0 Å². The van der Waals surface area contributed by atoms with Gasteiger partial charge in [0.2, 0.25) is 0 Å². The van der Waals surface area contributed by atoms with Crippen LogP contribution in [-0.2, 0) is 4.74 Å². The number of hydrogen-bond donors (Lipinski definition) is 1. The van der Waals surface area contributed by atoms with E-state index in [4.69, 9.17) is 10.5 Å². The van der Waals surface area contributed by atoms with E-state index in [0.29, 0.717) is 11.7 Å². The van der Waals surface area contributed by atoms with Crippen LogP contribution in [-0.4, -0.2) is 17.1 Å². The molecule has 2 aromatic rings. The molecule has 1 atom stereocenters. The zero-order valence-electron chi connectivity index (χ0n) is 11.1. The first kappa shape index (κ1) is 12.8. The number of fused-ring (bicyclic) bond motifs is 1. The van der Waals surface area contributed by atoms with Gasteiger partial charge in [-0.05, 0) is 30.2 Å². The monoisotopic (exact) mass is 277 g/mol. The van der Waals surface area contributed by atoms with Crippen molar-refractivity contribution in [1.29, 1.82) is 0 Å². The Morgan fingerprint density at radius 3 is 2.84 bits per heavy atom. The maximum absolute atomic E-state index is 6.02. The highest BCUT2D eigenvalue weighted by molar-refractivity contribution is 7.16. The van der Waals surface area contributed by atoms with Crippen molar-refractivity contribution in [3.8, 4) is 0 Å². The van der Waals surface area contributed by atoms with E-state index in [1.807, 2.05) is 11.4 Å². The van der Waals surface area contributed by atoms with Crippen LogP contribution in [0.25, 0.3) is 10.2 Å². The van der Waals surface area contributed by atoms with Crippen molar-refractivity contribution < 1.29 is 4.74 Å². The summed E-state index contributed by atoms with van der Waals surface area (Å²) in [4.78, 5) is 10.1. The lowest BCUT2D eigenvalue weighted by atomic mass is 9.85. The zero-order chi connectivity index (χ0) is 13.2. The molecule has 1 saturated carbocycles. The summed E-state index contributed by atoms with van der Waals surface area (Å²) in [5, 5.41) is 2.95. The summed E-state index contributed by atoms with van der Waals surface area (Å²) in [6, 6.07) is 1.97. The Labute approximate surface area is 117 Å². The van der Waals surface area contributed by atoms with Crippen molar-refractivity contribution in [3.63, 3.8) is 0 Å². The Morgan fingerprint density at radius 1 is 1.32 bits per heavy atom. The number of nitrogens with zero attached hydrogens (tertiary/aromatic N) is 2. The summed E-state index contributed by atoms with van der Waals surface area (Å²) in [6.45, 7) is 0. The molecule has 102 valence electrons. The van der Waals surface area contributed by atoms with Crippen molar-refractivity contribution in [2.24, 2.45) is 5.92 Å². The van der Waals surface area contributed by atoms with E-state index in [1.54, 1.807) is 18.4 Å². The number of thiophene rings is 1. The minimum Gasteiger partial charge on any atom is -0.383 e. The van der Waals surface area contributed by atoms with Crippen molar-refractivity contribution in [2.45, 2.75) is 38.2 Å². The molecule has 2 N–H and O–H groups in total. The topological polar surface area (TPSA) is 61.0 Å². The third-order valence-electron chi connectivity index (χ3n) is 3.96. The lowest BCUT2D eigenvalue weighted by Gasteiger charge is -2.28. The van der Waals surface area contributed by atoms with Crippen LogP contribution in [0, 0.1) is 5.92 Å².